The van der Waals surface area contributed by atoms with Crippen molar-refractivity contribution >= 4 is 5.91 Å². The summed E-state index contributed by atoms with van der Waals surface area (Å²) in [6.07, 6.45) is 3.32. The van der Waals surface area contributed by atoms with Crippen molar-refractivity contribution in [1.82, 2.24) is 15.1 Å². The zero-order valence-electron chi connectivity index (χ0n) is 15.1. The molecule has 1 aliphatic carbocycles. The maximum atomic E-state index is 12.2. The van der Waals surface area contributed by atoms with E-state index in [4.69, 9.17) is 0 Å². The summed E-state index contributed by atoms with van der Waals surface area (Å²) in [6, 6.07) is 2.76. The lowest BCUT2D eigenvalue weighted by atomic mass is 9.68. The molecule has 0 bridgehead atoms. The number of carbonyl (C=O) groups is 1. The number of aryl methyl sites for hydroxylation is 1. The molecule has 2 rings (SSSR count). The van der Waals surface area contributed by atoms with Crippen molar-refractivity contribution in [2.24, 2.45) is 11.3 Å². The second kappa shape index (κ2) is 7.05. The predicted molar refractivity (Wildman–Crippen MR) is 92.9 cm³/mol. The van der Waals surface area contributed by atoms with E-state index in [2.05, 4.69) is 31.2 Å². The number of nitrogens with one attached hydrogen (secondary N) is 1. The van der Waals surface area contributed by atoms with Gasteiger partial charge in [0.25, 0.3) is 11.5 Å². The lowest BCUT2D eigenvalue weighted by Gasteiger charge is -2.41. The van der Waals surface area contributed by atoms with Crippen LogP contribution in [0.3, 0.4) is 0 Å². The molecule has 6 heteroatoms. The van der Waals surface area contributed by atoms with E-state index < -0.39 is 5.60 Å². The summed E-state index contributed by atoms with van der Waals surface area (Å²) in [6.45, 7) is 9.13. The number of hydrogen-bond acceptors (Lipinski definition) is 4. The highest BCUT2D eigenvalue weighted by Crippen LogP contribution is 2.41. The van der Waals surface area contributed by atoms with Gasteiger partial charge in [-0.05, 0) is 50.0 Å². The number of aliphatic hydroxyl groups is 1. The Morgan fingerprint density at radius 2 is 2.00 bits per heavy atom. The van der Waals surface area contributed by atoms with Gasteiger partial charge in [0.2, 0.25) is 0 Å². The van der Waals surface area contributed by atoms with Crippen LogP contribution in [0.15, 0.2) is 16.9 Å². The Morgan fingerprint density at radius 3 is 2.54 bits per heavy atom. The summed E-state index contributed by atoms with van der Waals surface area (Å²) < 4.78 is 1.25. The molecular weight excluding hydrogens is 306 g/mol. The standard InChI is InChI=1S/C18H29N3O3/c1-5-21-15(22)7-6-14(20-21)16(23)19-12-18(24)10-8-13(9-11-18)17(2,3)4/h6-7,13,24H,5,8-12H2,1-4H3,(H,19,23). The van der Waals surface area contributed by atoms with Crippen molar-refractivity contribution in [3.63, 3.8) is 0 Å². The molecule has 0 saturated heterocycles. The van der Waals surface area contributed by atoms with Crippen molar-refractivity contribution in [2.75, 3.05) is 6.54 Å². The van der Waals surface area contributed by atoms with Crippen LogP contribution in [0.25, 0.3) is 0 Å². The van der Waals surface area contributed by atoms with E-state index in [9.17, 15) is 14.7 Å². The minimum Gasteiger partial charge on any atom is -0.388 e. The van der Waals surface area contributed by atoms with Gasteiger partial charge >= 0.3 is 0 Å². The summed E-state index contributed by atoms with van der Waals surface area (Å²) >= 11 is 0. The summed E-state index contributed by atoms with van der Waals surface area (Å²) in [5, 5.41) is 17.5. The highest BCUT2D eigenvalue weighted by Gasteiger charge is 2.37. The molecule has 0 spiro atoms. The van der Waals surface area contributed by atoms with Gasteiger partial charge in [-0.1, -0.05) is 20.8 Å². The zero-order valence-corrected chi connectivity index (χ0v) is 15.1. The molecular formula is C18H29N3O3. The molecule has 1 amide bonds. The fourth-order valence-electron chi connectivity index (χ4n) is 3.33. The van der Waals surface area contributed by atoms with Crippen molar-refractivity contribution in [1.29, 1.82) is 0 Å². The largest absolute Gasteiger partial charge is 0.388 e. The Labute approximate surface area is 143 Å². The lowest BCUT2D eigenvalue weighted by Crippen LogP contribution is -2.46. The van der Waals surface area contributed by atoms with Crippen LogP contribution in [-0.4, -0.2) is 32.9 Å². The van der Waals surface area contributed by atoms with Gasteiger partial charge in [0, 0.05) is 19.2 Å². The van der Waals surface area contributed by atoms with Gasteiger partial charge in [0.15, 0.2) is 0 Å². The van der Waals surface area contributed by atoms with E-state index in [1.54, 1.807) is 6.92 Å². The third kappa shape index (κ3) is 4.44. The van der Waals surface area contributed by atoms with Gasteiger partial charge in [0.05, 0.1) is 5.60 Å². The topological polar surface area (TPSA) is 84.2 Å². The molecule has 1 heterocycles. The third-order valence-corrected chi connectivity index (χ3v) is 5.12. The molecule has 0 radical (unpaired) electrons. The Morgan fingerprint density at radius 1 is 1.38 bits per heavy atom. The minimum atomic E-state index is -0.851. The Kier molecular flexibility index (Phi) is 5.48. The van der Waals surface area contributed by atoms with Crippen LogP contribution in [0.2, 0.25) is 0 Å². The first-order valence-electron chi connectivity index (χ1n) is 8.73. The normalized spacial score (nSPS) is 24.6. The van der Waals surface area contributed by atoms with E-state index >= 15 is 0 Å². The van der Waals surface area contributed by atoms with Crippen LogP contribution in [0.4, 0.5) is 0 Å². The fraction of sp³-hybridized carbons (Fsp3) is 0.722. The second-order valence-electron chi connectivity index (χ2n) is 7.92. The van der Waals surface area contributed by atoms with E-state index in [1.165, 1.54) is 16.8 Å². The smallest absolute Gasteiger partial charge is 0.271 e. The maximum absolute atomic E-state index is 12.2. The number of nitrogens with zero attached hydrogens (tertiary/aromatic N) is 2. The molecule has 1 saturated carbocycles. The van der Waals surface area contributed by atoms with Gasteiger partial charge in [-0.25, -0.2) is 4.68 Å². The Balaban J connectivity index is 1.93. The van der Waals surface area contributed by atoms with Crippen molar-refractivity contribution < 1.29 is 9.90 Å². The van der Waals surface area contributed by atoms with Gasteiger partial charge in [-0.2, -0.15) is 5.10 Å². The first-order valence-corrected chi connectivity index (χ1v) is 8.73. The zero-order chi connectivity index (χ0) is 18.0. The Bertz CT molecular complexity index is 638. The van der Waals surface area contributed by atoms with E-state index in [1.807, 2.05) is 0 Å². The van der Waals surface area contributed by atoms with Crippen molar-refractivity contribution in [3.05, 3.63) is 28.2 Å². The maximum Gasteiger partial charge on any atom is 0.271 e. The first kappa shape index (κ1) is 18.6. The van der Waals surface area contributed by atoms with Crippen LogP contribution < -0.4 is 10.9 Å². The summed E-state index contributed by atoms with van der Waals surface area (Å²) in [5.41, 5.74) is -0.629. The molecule has 1 fully saturated rings. The quantitative estimate of drug-likeness (QED) is 0.881. The molecule has 0 aliphatic heterocycles. The van der Waals surface area contributed by atoms with Crippen LogP contribution in [0.1, 0.15) is 63.9 Å². The molecule has 1 aromatic heterocycles. The number of amides is 1. The number of carbonyl (C=O) groups excluding carboxylic acids is 1. The molecule has 0 unspecified atom stereocenters. The van der Waals surface area contributed by atoms with Crippen molar-refractivity contribution in [2.45, 2.75) is 65.5 Å². The van der Waals surface area contributed by atoms with Crippen LogP contribution in [0, 0.1) is 11.3 Å². The summed E-state index contributed by atoms with van der Waals surface area (Å²) in [5.74, 6) is 0.242. The highest BCUT2D eigenvalue weighted by atomic mass is 16.3. The van der Waals surface area contributed by atoms with Gasteiger partial charge in [-0.3, -0.25) is 9.59 Å². The van der Waals surface area contributed by atoms with Gasteiger partial charge in [-0.15, -0.1) is 0 Å². The van der Waals surface area contributed by atoms with Crippen molar-refractivity contribution in [3.8, 4) is 0 Å². The first-order chi connectivity index (χ1) is 11.1. The lowest BCUT2D eigenvalue weighted by molar-refractivity contribution is -0.0229. The Hall–Kier alpha value is -1.69. The van der Waals surface area contributed by atoms with E-state index in [-0.39, 0.29) is 29.1 Å². The molecule has 24 heavy (non-hydrogen) atoms. The number of hydrogen-bond donors (Lipinski definition) is 2. The molecule has 134 valence electrons. The highest BCUT2D eigenvalue weighted by molar-refractivity contribution is 5.92. The molecule has 2 N–H and O–H groups in total. The minimum absolute atomic E-state index is 0.198. The molecule has 1 aromatic rings. The van der Waals surface area contributed by atoms with Crippen LogP contribution >= 0.6 is 0 Å². The number of rotatable bonds is 4. The monoisotopic (exact) mass is 335 g/mol. The van der Waals surface area contributed by atoms with Crippen LogP contribution in [0.5, 0.6) is 0 Å². The fourth-order valence-corrected chi connectivity index (χ4v) is 3.33. The van der Waals surface area contributed by atoms with E-state index in [0.29, 0.717) is 25.3 Å². The van der Waals surface area contributed by atoms with E-state index in [0.717, 1.165) is 12.8 Å². The predicted octanol–water partition coefficient (Wildman–Crippen LogP) is 1.96. The summed E-state index contributed by atoms with van der Waals surface area (Å²) in [7, 11) is 0. The average molecular weight is 335 g/mol. The van der Waals surface area contributed by atoms with Gasteiger partial charge in [0.1, 0.15) is 5.69 Å². The molecule has 0 atom stereocenters. The molecule has 6 nitrogen and oxygen atoms in total. The average Bonchev–Trinajstić information content (AvgIpc) is 2.52. The second-order valence-corrected chi connectivity index (χ2v) is 7.92. The SMILES string of the molecule is CCn1nc(C(=O)NCC2(O)CCC(C(C)(C)C)CC2)ccc1=O. The number of aromatic nitrogens is 2. The van der Waals surface area contributed by atoms with Gasteiger partial charge < -0.3 is 10.4 Å². The third-order valence-electron chi connectivity index (χ3n) is 5.12. The molecule has 1 aliphatic rings. The molecule has 0 aromatic carbocycles. The summed E-state index contributed by atoms with van der Waals surface area (Å²) in [4.78, 5) is 23.8. The van der Waals surface area contributed by atoms with Crippen LogP contribution in [-0.2, 0) is 6.54 Å².